The summed E-state index contributed by atoms with van der Waals surface area (Å²) >= 11 is 4.79. The standard InChI is InChI=1S/C8H9ClO3S/c1-7-2-4-8(5-3-7)6-13(10,11)12-9/h2-5H,6H2,1H3. The van der Waals surface area contributed by atoms with Gasteiger partial charge < -0.3 is 0 Å². The Morgan fingerprint density at radius 2 is 1.85 bits per heavy atom. The van der Waals surface area contributed by atoms with Crippen molar-refractivity contribution in [1.82, 2.24) is 0 Å². The number of halogens is 1. The maximum atomic E-state index is 10.9. The molecule has 0 aliphatic carbocycles. The van der Waals surface area contributed by atoms with Crippen LogP contribution in [0.15, 0.2) is 24.3 Å². The van der Waals surface area contributed by atoms with Crippen LogP contribution in [-0.4, -0.2) is 8.42 Å². The molecule has 0 spiro atoms. The highest BCUT2D eigenvalue weighted by Crippen LogP contribution is 2.09. The van der Waals surface area contributed by atoms with E-state index in [1.54, 1.807) is 12.1 Å². The van der Waals surface area contributed by atoms with E-state index in [4.69, 9.17) is 11.9 Å². The Morgan fingerprint density at radius 1 is 1.31 bits per heavy atom. The molecule has 72 valence electrons. The molecule has 1 aromatic carbocycles. The summed E-state index contributed by atoms with van der Waals surface area (Å²) in [5.74, 6) is -0.198. The fraction of sp³-hybridized carbons (Fsp3) is 0.250. The van der Waals surface area contributed by atoms with Gasteiger partial charge in [-0.25, -0.2) is 0 Å². The molecule has 3 nitrogen and oxygen atoms in total. The smallest absolute Gasteiger partial charge is 0.198 e. The van der Waals surface area contributed by atoms with E-state index in [9.17, 15) is 8.42 Å². The van der Waals surface area contributed by atoms with E-state index >= 15 is 0 Å². The molecular formula is C8H9ClO3S. The van der Waals surface area contributed by atoms with Gasteiger partial charge in [0.05, 0.1) is 11.9 Å². The minimum Gasteiger partial charge on any atom is -0.198 e. The van der Waals surface area contributed by atoms with Crippen LogP contribution in [0.5, 0.6) is 0 Å². The van der Waals surface area contributed by atoms with E-state index in [-0.39, 0.29) is 5.75 Å². The molecular weight excluding hydrogens is 212 g/mol. The highest BCUT2D eigenvalue weighted by molar-refractivity contribution is 7.86. The van der Waals surface area contributed by atoms with Crippen molar-refractivity contribution in [3.05, 3.63) is 35.4 Å². The van der Waals surface area contributed by atoms with Crippen LogP contribution < -0.4 is 0 Å². The van der Waals surface area contributed by atoms with Gasteiger partial charge in [0.2, 0.25) is 0 Å². The molecule has 0 unspecified atom stereocenters. The van der Waals surface area contributed by atoms with Gasteiger partial charge in [0.25, 0.3) is 10.1 Å². The maximum absolute atomic E-state index is 10.9. The van der Waals surface area contributed by atoms with Gasteiger partial charge in [-0.05, 0) is 12.5 Å². The minimum absolute atomic E-state index is 0.198. The normalized spacial score (nSPS) is 11.5. The van der Waals surface area contributed by atoms with Crippen molar-refractivity contribution >= 4 is 22.0 Å². The molecule has 0 saturated carbocycles. The average molecular weight is 221 g/mol. The van der Waals surface area contributed by atoms with Crippen LogP contribution in [0.1, 0.15) is 11.1 Å². The lowest BCUT2D eigenvalue weighted by molar-refractivity contribution is 0.508. The lowest BCUT2D eigenvalue weighted by atomic mass is 10.2. The van der Waals surface area contributed by atoms with Gasteiger partial charge in [-0.2, -0.15) is 12.2 Å². The molecule has 13 heavy (non-hydrogen) atoms. The summed E-state index contributed by atoms with van der Waals surface area (Å²) in [6.45, 7) is 1.93. The second kappa shape index (κ2) is 4.09. The molecule has 1 aromatic rings. The SMILES string of the molecule is Cc1ccc(CS(=O)(=O)OCl)cc1. The second-order valence-corrected chi connectivity index (χ2v) is 4.66. The largest absolute Gasteiger partial charge is 0.287 e. The first-order valence-electron chi connectivity index (χ1n) is 3.62. The molecule has 0 radical (unpaired) electrons. The maximum Gasteiger partial charge on any atom is 0.287 e. The Bertz CT molecular complexity index is 369. The van der Waals surface area contributed by atoms with Crippen LogP contribution in [0, 0.1) is 6.92 Å². The van der Waals surface area contributed by atoms with E-state index in [0.29, 0.717) is 5.56 Å². The zero-order valence-electron chi connectivity index (χ0n) is 7.03. The van der Waals surface area contributed by atoms with Crippen LogP contribution >= 0.6 is 11.9 Å². The monoisotopic (exact) mass is 220 g/mol. The number of aryl methyl sites for hydroxylation is 1. The molecule has 0 saturated heterocycles. The molecule has 0 fully saturated rings. The predicted octanol–water partition coefficient (Wildman–Crippen LogP) is 2.00. The van der Waals surface area contributed by atoms with Gasteiger partial charge in [-0.3, -0.25) is 0 Å². The Balaban J connectivity index is 2.82. The third kappa shape index (κ3) is 3.34. The zero-order valence-corrected chi connectivity index (χ0v) is 8.60. The highest BCUT2D eigenvalue weighted by atomic mass is 35.5. The molecule has 0 aromatic heterocycles. The number of hydrogen-bond donors (Lipinski definition) is 0. The fourth-order valence-electron chi connectivity index (χ4n) is 0.911. The van der Waals surface area contributed by atoms with Crippen LogP contribution in [0.2, 0.25) is 0 Å². The van der Waals surface area contributed by atoms with E-state index in [1.165, 1.54) is 0 Å². The van der Waals surface area contributed by atoms with Gasteiger partial charge in [0, 0.05) is 0 Å². The molecule has 0 amide bonds. The quantitative estimate of drug-likeness (QED) is 0.783. The second-order valence-electron chi connectivity index (χ2n) is 2.75. The van der Waals surface area contributed by atoms with Crippen molar-refractivity contribution in [2.24, 2.45) is 0 Å². The van der Waals surface area contributed by atoms with Crippen molar-refractivity contribution in [2.75, 3.05) is 0 Å². The summed E-state index contributed by atoms with van der Waals surface area (Å²) in [4.78, 5) is 0. The fourth-order valence-corrected chi connectivity index (χ4v) is 1.69. The van der Waals surface area contributed by atoms with E-state index < -0.39 is 10.1 Å². The van der Waals surface area contributed by atoms with Crippen LogP contribution in [0.3, 0.4) is 0 Å². The van der Waals surface area contributed by atoms with E-state index in [1.807, 2.05) is 19.1 Å². The molecule has 1 rings (SSSR count). The first-order chi connectivity index (χ1) is 6.03. The summed E-state index contributed by atoms with van der Waals surface area (Å²) in [6.07, 6.45) is 0. The molecule has 0 aliphatic rings. The van der Waals surface area contributed by atoms with Gasteiger partial charge in [0.1, 0.15) is 5.75 Å². The minimum atomic E-state index is -3.62. The Hall–Kier alpha value is -0.580. The zero-order chi connectivity index (χ0) is 9.90. The number of rotatable bonds is 3. The Kier molecular flexibility index (Phi) is 3.30. The summed E-state index contributed by atoms with van der Waals surface area (Å²) in [5.41, 5.74) is 1.74. The van der Waals surface area contributed by atoms with Crippen molar-refractivity contribution < 1.29 is 12.2 Å². The van der Waals surface area contributed by atoms with Crippen molar-refractivity contribution in [2.45, 2.75) is 12.7 Å². The molecule has 0 atom stereocenters. The van der Waals surface area contributed by atoms with Crippen molar-refractivity contribution in [3.63, 3.8) is 0 Å². The topological polar surface area (TPSA) is 43.4 Å². The lowest BCUT2D eigenvalue weighted by Crippen LogP contribution is -2.02. The first kappa shape index (κ1) is 10.5. The summed E-state index contributed by atoms with van der Waals surface area (Å²) in [5, 5.41) is 0. The van der Waals surface area contributed by atoms with Gasteiger partial charge in [0.15, 0.2) is 0 Å². The van der Waals surface area contributed by atoms with Gasteiger partial charge >= 0.3 is 0 Å². The molecule has 0 bridgehead atoms. The molecule has 0 heterocycles. The number of hydrogen-bond acceptors (Lipinski definition) is 3. The van der Waals surface area contributed by atoms with Gasteiger partial charge in [-0.1, -0.05) is 29.8 Å². The van der Waals surface area contributed by atoms with Crippen LogP contribution in [0.4, 0.5) is 0 Å². The number of benzene rings is 1. The third-order valence-corrected chi connectivity index (χ3v) is 3.01. The Morgan fingerprint density at radius 3 is 2.31 bits per heavy atom. The summed E-state index contributed by atoms with van der Waals surface area (Å²) in [7, 11) is -3.62. The molecule has 5 heteroatoms. The van der Waals surface area contributed by atoms with E-state index in [2.05, 4.69) is 3.74 Å². The lowest BCUT2D eigenvalue weighted by Gasteiger charge is -1.99. The summed E-state index contributed by atoms with van der Waals surface area (Å²) < 4.78 is 25.6. The highest BCUT2D eigenvalue weighted by Gasteiger charge is 2.10. The van der Waals surface area contributed by atoms with Crippen molar-refractivity contribution in [3.8, 4) is 0 Å². The van der Waals surface area contributed by atoms with Crippen LogP contribution in [-0.2, 0) is 19.6 Å². The van der Waals surface area contributed by atoms with Crippen LogP contribution in [0.25, 0.3) is 0 Å². The molecule has 0 N–H and O–H groups in total. The summed E-state index contributed by atoms with van der Waals surface area (Å²) in [6, 6.07) is 7.11. The third-order valence-electron chi connectivity index (χ3n) is 1.56. The van der Waals surface area contributed by atoms with Crippen molar-refractivity contribution in [1.29, 1.82) is 0 Å². The average Bonchev–Trinajstić information content (AvgIpc) is 2.09. The molecule has 0 aliphatic heterocycles. The van der Waals surface area contributed by atoms with E-state index in [0.717, 1.165) is 5.56 Å². The predicted molar refractivity (Wildman–Crippen MR) is 50.7 cm³/mol. The van der Waals surface area contributed by atoms with Gasteiger partial charge in [-0.15, -0.1) is 0 Å². The first-order valence-corrected chi connectivity index (χ1v) is 5.50. The Labute approximate surface area is 82.6 Å².